The molecule has 0 spiro atoms. The zero-order chi connectivity index (χ0) is 18.6. The molecule has 0 aromatic rings. The third kappa shape index (κ3) is 8.43. The summed E-state index contributed by atoms with van der Waals surface area (Å²) in [6.45, 7) is 4.40. The number of carbonyl (C=O) groups excluding carboxylic acids is 2. The summed E-state index contributed by atoms with van der Waals surface area (Å²) < 4.78 is 4.72. The summed E-state index contributed by atoms with van der Waals surface area (Å²) in [5, 5.41) is 18.3. The van der Waals surface area contributed by atoms with E-state index in [2.05, 4.69) is 6.92 Å². The van der Waals surface area contributed by atoms with Crippen LogP contribution in [0.5, 0.6) is 0 Å². The standard InChI is InChI=1S/C18H32O6/c1-4-5-6-7-8-9-10-11-12-13-15(20)18(3,17(22)23)24-16(21)14(2)19/h14,19H,4-13H2,1-3H3,(H,22,23). The van der Waals surface area contributed by atoms with Crippen LogP contribution in [0.4, 0.5) is 0 Å². The number of aliphatic hydroxyl groups excluding tert-OH is 1. The van der Waals surface area contributed by atoms with Crippen LogP contribution in [0.2, 0.25) is 0 Å². The molecule has 0 saturated heterocycles. The number of carboxylic acids is 1. The van der Waals surface area contributed by atoms with Crippen LogP contribution in [0.3, 0.4) is 0 Å². The summed E-state index contributed by atoms with van der Waals surface area (Å²) in [4.78, 5) is 34.8. The van der Waals surface area contributed by atoms with Crippen LogP contribution in [-0.4, -0.2) is 39.6 Å². The molecule has 0 aliphatic heterocycles. The number of Topliss-reactive ketones (excluding diaryl/α,β-unsaturated/α-hetero) is 1. The summed E-state index contributed by atoms with van der Waals surface area (Å²) in [5.74, 6) is -3.27. The average molecular weight is 344 g/mol. The monoisotopic (exact) mass is 344 g/mol. The van der Waals surface area contributed by atoms with Crippen LogP contribution in [0, 0.1) is 0 Å². The van der Waals surface area contributed by atoms with Gasteiger partial charge in [0.05, 0.1) is 0 Å². The van der Waals surface area contributed by atoms with Gasteiger partial charge >= 0.3 is 11.9 Å². The van der Waals surface area contributed by atoms with Crippen molar-refractivity contribution in [3.63, 3.8) is 0 Å². The second-order valence-electron chi connectivity index (χ2n) is 6.44. The highest BCUT2D eigenvalue weighted by Crippen LogP contribution is 2.19. The fraction of sp³-hybridized carbons (Fsp3) is 0.833. The van der Waals surface area contributed by atoms with Crippen LogP contribution in [0.1, 0.15) is 85.0 Å². The van der Waals surface area contributed by atoms with E-state index in [1.807, 2.05) is 0 Å². The second kappa shape index (κ2) is 12.0. The normalized spacial score (nSPS) is 14.7. The van der Waals surface area contributed by atoms with E-state index in [4.69, 9.17) is 9.84 Å². The van der Waals surface area contributed by atoms with Crippen molar-refractivity contribution in [3.05, 3.63) is 0 Å². The van der Waals surface area contributed by atoms with E-state index in [-0.39, 0.29) is 6.42 Å². The number of ketones is 1. The van der Waals surface area contributed by atoms with E-state index >= 15 is 0 Å². The van der Waals surface area contributed by atoms with Gasteiger partial charge in [0.2, 0.25) is 0 Å². The average Bonchev–Trinajstić information content (AvgIpc) is 2.52. The molecule has 24 heavy (non-hydrogen) atoms. The molecule has 0 amide bonds. The van der Waals surface area contributed by atoms with E-state index in [0.29, 0.717) is 6.42 Å². The zero-order valence-corrected chi connectivity index (χ0v) is 15.2. The van der Waals surface area contributed by atoms with Crippen LogP contribution in [0.15, 0.2) is 0 Å². The quantitative estimate of drug-likeness (QED) is 0.285. The lowest BCUT2D eigenvalue weighted by molar-refractivity contribution is -0.185. The van der Waals surface area contributed by atoms with Crippen molar-refractivity contribution >= 4 is 17.7 Å². The van der Waals surface area contributed by atoms with E-state index in [9.17, 15) is 19.5 Å². The molecular weight excluding hydrogens is 312 g/mol. The smallest absolute Gasteiger partial charge is 0.355 e. The molecule has 2 atom stereocenters. The van der Waals surface area contributed by atoms with E-state index in [0.717, 1.165) is 33.1 Å². The lowest BCUT2D eigenvalue weighted by Crippen LogP contribution is -2.49. The lowest BCUT2D eigenvalue weighted by atomic mass is 9.95. The predicted octanol–water partition coefficient (Wildman–Crippen LogP) is 3.24. The fourth-order valence-electron chi connectivity index (χ4n) is 2.34. The molecular formula is C18H32O6. The SMILES string of the molecule is CCCCCCCCCCCC(=O)C(C)(OC(=O)C(C)O)C(=O)O. The number of aliphatic hydroxyl groups is 1. The first-order valence-corrected chi connectivity index (χ1v) is 8.93. The Labute approximate surface area is 144 Å². The first-order chi connectivity index (χ1) is 11.3. The highest BCUT2D eigenvalue weighted by molar-refractivity contribution is 6.07. The van der Waals surface area contributed by atoms with Crippen molar-refractivity contribution < 1.29 is 29.3 Å². The Morgan fingerprint density at radius 2 is 1.42 bits per heavy atom. The van der Waals surface area contributed by atoms with Gasteiger partial charge in [0, 0.05) is 6.42 Å². The molecule has 0 rings (SSSR count). The van der Waals surface area contributed by atoms with Crippen molar-refractivity contribution in [2.24, 2.45) is 0 Å². The molecule has 0 radical (unpaired) electrons. The molecule has 2 N–H and O–H groups in total. The minimum atomic E-state index is -2.23. The fourth-order valence-corrected chi connectivity index (χ4v) is 2.34. The van der Waals surface area contributed by atoms with Crippen molar-refractivity contribution in [1.82, 2.24) is 0 Å². The Kier molecular flexibility index (Phi) is 11.3. The van der Waals surface area contributed by atoms with Gasteiger partial charge in [0.25, 0.3) is 5.60 Å². The second-order valence-corrected chi connectivity index (χ2v) is 6.44. The lowest BCUT2D eigenvalue weighted by Gasteiger charge is -2.24. The Bertz CT molecular complexity index is 404. The largest absolute Gasteiger partial charge is 0.478 e. The van der Waals surface area contributed by atoms with Gasteiger partial charge in [-0.05, 0) is 20.3 Å². The van der Waals surface area contributed by atoms with Gasteiger partial charge in [-0.1, -0.05) is 58.3 Å². The van der Waals surface area contributed by atoms with Crippen molar-refractivity contribution in [2.75, 3.05) is 0 Å². The van der Waals surface area contributed by atoms with E-state index < -0.39 is 29.4 Å². The Balaban J connectivity index is 4.13. The molecule has 6 nitrogen and oxygen atoms in total. The number of carbonyl (C=O) groups is 3. The number of esters is 1. The van der Waals surface area contributed by atoms with Crippen molar-refractivity contribution in [3.8, 4) is 0 Å². The van der Waals surface area contributed by atoms with Gasteiger partial charge in [0.1, 0.15) is 6.10 Å². The van der Waals surface area contributed by atoms with Crippen LogP contribution >= 0.6 is 0 Å². The number of unbranched alkanes of at least 4 members (excludes halogenated alkanes) is 8. The van der Waals surface area contributed by atoms with Crippen molar-refractivity contribution in [2.45, 2.75) is 96.7 Å². The van der Waals surface area contributed by atoms with Crippen LogP contribution in [0.25, 0.3) is 0 Å². The van der Waals surface area contributed by atoms with Gasteiger partial charge < -0.3 is 14.9 Å². The number of ether oxygens (including phenoxy) is 1. The van der Waals surface area contributed by atoms with Crippen LogP contribution in [-0.2, 0) is 19.1 Å². The number of aliphatic carboxylic acids is 1. The third-order valence-corrected chi connectivity index (χ3v) is 4.09. The molecule has 0 bridgehead atoms. The van der Waals surface area contributed by atoms with Gasteiger partial charge in [-0.15, -0.1) is 0 Å². The summed E-state index contributed by atoms with van der Waals surface area (Å²) in [6, 6.07) is 0. The van der Waals surface area contributed by atoms with Gasteiger partial charge in [-0.3, -0.25) is 4.79 Å². The number of carboxylic acid groups (broad SMARTS) is 1. The molecule has 140 valence electrons. The van der Waals surface area contributed by atoms with E-state index in [1.54, 1.807) is 0 Å². The minimum absolute atomic E-state index is 0.0473. The molecule has 0 fully saturated rings. The predicted molar refractivity (Wildman–Crippen MR) is 90.7 cm³/mol. The molecule has 0 saturated carbocycles. The molecule has 0 aliphatic rings. The molecule has 0 aromatic heterocycles. The minimum Gasteiger partial charge on any atom is -0.478 e. The summed E-state index contributed by atoms with van der Waals surface area (Å²) in [6.07, 6.45) is 8.31. The van der Waals surface area contributed by atoms with Gasteiger partial charge in [0.15, 0.2) is 5.78 Å². The third-order valence-electron chi connectivity index (χ3n) is 4.09. The Morgan fingerprint density at radius 1 is 0.958 bits per heavy atom. The highest BCUT2D eigenvalue weighted by atomic mass is 16.6. The van der Waals surface area contributed by atoms with Crippen molar-refractivity contribution in [1.29, 1.82) is 0 Å². The number of rotatable bonds is 14. The molecule has 0 aromatic carbocycles. The van der Waals surface area contributed by atoms with Crippen LogP contribution < -0.4 is 0 Å². The summed E-state index contributed by atoms with van der Waals surface area (Å²) in [5.41, 5.74) is -2.23. The Morgan fingerprint density at radius 3 is 1.83 bits per heavy atom. The highest BCUT2D eigenvalue weighted by Gasteiger charge is 2.45. The summed E-state index contributed by atoms with van der Waals surface area (Å²) in [7, 11) is 0. The topological polar surface area (TPSA) is 101 Å². The van der Waals surface area contributed by atoms with Gasteiger partial charge in [-0.2, -0.15) is 0 Å². The van der Waals surface area contributed by atoms with Gasteiger partial charge in [-0.25, -0.2) is 9.59 Å². The maximum absolute atomic E-state index is 12.1. The Hall–Kier alpha value is -1.43. The first-order valence-electron chi connectivity index (χ1n) is 8.93. The maximum atomic E-state index is 12.1. The molecule has 6 heteroatoms. The maximum Gasteiger partial charge on any atom is 0.355 e. The number of hydrogen-bond acceptors (Lipinski definition) is 5. The zero-order valence-electron chi connectivity index (χ0n) is 15.2. The first kappa shape index (κ1) is 22.6. The summed E-state index contributed by atoms with van der Waals surface area (Å²) >= 11 is 0. The molecule has 0 aliphatic carbocycles. The van der Waals surface area contributed by atoms with E-state index in [1.165, 1.54) is 32.1 Å². The number of hydrogen-bond donors (Lipinski definition) is 2. The molecule has 2 unspecified atom stereocenters. The molecule has 0 heterocycles.